The van der Waals surface area contributed by atoms with Gasteiger partial charge in [-0.2, -0.15) is 0 Å². The maximum atomic E-state index is 12.6. The van der Waals surface area contributed by atoms with Gasteiger partial charge in [0.1, 0.15) is 11.4 Å². The molecule has 0 amide bonds. The number of hydrogen-bond acceptors (Lipinski definition) is 5. The molecular weight excluding hydrogens is 278 g/mol. The molecule has 1 aliphatic heterocycles. The fraction of sp³-hybridized carbons (Fsp3) is 0.294. The van der Waals surface area contributed by atoms with Crippen molar-refractivity contribution in [3.63, 3.8) is 0 Å². The number of pyridine rings is 2. The molecule has 1 fully saturated rings. The molecule has 5 heteroatoms. The van der Waals surface area contributed by atoms with Crippen LogP contribution in [0.5, 0.6) is 0 Å². The van der Waals surface area contributed by atoms with Crippen molar-refractivity contribution < 1.29 is 9.59 Å². The molecule has 3 heterocycles. The molecule has 2 aromatic heterocycles. The summed E-state index contributed by atoms with van der Waals surface area (Å²) in [5.41, 5.74) is 2.19. The van der Waals surface area contributed by atoms with Crippen LogP contribution in [-0.2, 0) is 6.54 Å². The molecule has 1 aliphatic carbocycles. The molecule has 5 nitrogen and oxygen atoms in total. The summed E-state index contributed by atoms with van der Waals surface area (Å²) in [5.74, 6) is -0.425. The van der Waals surface area contributed by atoms with Gasteiger partial charge in [-0.15, -0.1) is 0 Å². The highest BCUT2D eigenvalue weighted by atomic mass is 16.1. The summed E-state index contributed by atoms with van der Waals surface area (Å²) in [6, 6.07) is 5.14. The Kier molecular flexibility index (Phi) is 3.08. The maximum Gasteiger partial charge on any atom is 0.231 e. The van der Waals surface area contributed by atoms with Crippen molar-refractivity contribution >= 4 is 11.6 Å². The second-order valence-corrected chi connectivity index (χ2v) is 5.78. The second-order valence-electron chi connectivity index (χ2n) is 5.78. The molecule has 1 saturated heterocycles. The monoisotopic (exact) mass is 293 g/mol. The highest BCUT2D eigenvalue weighted by Crippen LogP contribution is 2.25. The van der Waals surface area contributed by atoms with Crippen molar-refractivity contribution in [2.24, 2.45) is 0 Å². The van der Waals surface area contributed by atoms with Gasteiger partial charge in [0, 0.05) is 18.9 Å². The number of likely N-dealkylation sites (tertiary alicyclic amines) is 1. The normalized spacial score (nSPS) is 17.5. The number of nitrogens with zero attached hydrogens (tertiary/aromatic N) is 3. The summed E-state index contributed by atoms with van der Waals surface area (Å²) >= 11 is 0. The average Bonchev–Trinajstić information content (AvgIpc) is 3.05. The van der Waals surface area contributed by atoms with Crippen molar-refractivity contribution in [1.82, 2.24) is 14.9 Å². The van der Waals surface area contributed by atoms with Crippen LogP contribution in [0, 0.1) is 0 Å². The number of ketones is 2. The smallest absolute Gasteiger partial charge is 0.231 e. The highest BCUT2D eigenvalue weighted by Gasteiger charge is 2.32. The van der Waals surface area contributed by atoms with Crippen molar-refractivity contribution in [3.8, 4) is 0 Å². The van der Waals surface area contributed by atoms with Gasteiger partial charge in [-0.3, -0.25) is 24.5 Å². The van der Waals surface area contributed by atoms with Gasteiger partial charge in [-0.05, 0) is 49.7 Å². The van der Waals surface area contributed by atoms with Crippen molar-refractivity contribution in [2.45, 2.75) is 19.4 Å². The van der Waals surface area contributed by atoms with Gasteiger partial charge >= 0.3 is 0 Å². The number of fused-ring (bicyclic) bond motifs is 2. The molecule has 0 unspecified atom stereocenters. The van der Waals surface area contributed by atoms with E-state index in [0.29, 0.717) is 11.1 Å². The lowest BCUT2D eigenvalue weighted by atomic mass is 9.89. The molecule has 0 radical (unpaired) electrons. The van der Waals surface area contributed by atoms with Crippen LogP contribution < -0.4 is 0 Å². The molecule has 0 aromatic carbocycles. The van der Waals surface area contributed by atoms with Crippen molar-refractivity contribution in [2.75, 3.05) is 13.1 Å². The number of rotatable bonds is 2. The molecule has 0 spiro atoms. The molecular formula is C17H15N3O2. The Hall–Kier alpha value is -2.40. The standard InChI is InChI=1S/C17H15N3O2/c21-16-12-4-3-5-18-14(12)17(22)15-13(16)8-11(9-19-15)10-20-6-1-2-7-20/h3-5,8-9H,1-2,6-7,10H2. The molecule has 0 bridgehead atoms. The lowest BCUT2D eigenvalue weighted by Crippen LogP contribution is -2.25. The fourth-order valence-electron chi connectivity index (χ4n) is 3.17. The summed E-state index contributed by atoms with van der Waals surface area (Å²) in [5, 5.41) is 0. The Bertz CT molecular complexity index is 779. The van der Waals surface area contributed by atoms with Gasteiger partial charge in [0.25, 0.3) is 0 Å². The quantitative estimate of drug-likeness (QED) is 0.721. The van der Waals surface area contributed by atoms with E-state index in [1.165, 1.54) is 19.0 Å². The van der Waals surface area contributed by atoms with Crippen LogP contribution in [0.2, 0.25) is 0 Å². The van der Waals surface area contributed by atoms with Gasteiger partial charge < -0.3 is 0 Å². The van der Waals surface area contributed by atoms with Gasteiger partial charge in [-0.1, -0.05) is 0 Å². The summed E-state index contributed by atoms with van der Waals surface area (Å²) in [7, 11) is 0. The Morgan fingerprint density at radius 2 is 1.77 bits per heavy atom. The van der Waals surface area contributed by atoms with E-state index >= 15 is 0 Å². The van der Waals surface area contributed by atoms with Crippen LogP contribution in [0.1, 0.15) is 50.5 Å². The predicted octanol–water partition coefficient (Wildman–Crippen LogP) is 1.85. The number of carbonyl (C=O) groups excluding carboxylic acids is 2. The number of carbonyl (C=O) groups is 2. The van der Waals surface area contributed by atoms with Gasteiger partial charge in [-0.25, -0.2) is 0 Å². The fourth-order valence-corrected chi connectivity index (χ4v) is 3.17. The molecule has 0 saturated carbocycles. The van der Waals surface area contributed by atoms with E-state index in [0.717, 1.165) is 25.2 Å². The maximum absolute atomic E-state index is 12.6. The van der Waals surface area contributed by atoms with Crippen molar-refractivity contribution in [1.29, 1.82) is 0 Å². The van der Waals surface area contributed by atoms with E-state index in [-0.39, 0.29) is 23.0 Å². The highest BCUT2D eigenvalue weighted by molar-refractivity contribution is 6.26. The van der Waals surface area contributed by atoms with Crippen LogP contribution in [0.15, 0.2) is 30.6 Å². The second kappa shape index (κ2) is 5.10. The van der Waals surface area contributed by atoms with Crippen LogP contribution in [0.4, 0.5) is 0 Å². The summed E-state index contributed by atoms with van der Waals surface area (Å²) in [4.78, 5) is 35.7. The third kappa shape index (κ3) is 2.05. The minimum atomic E-state index is -0.266. The first kappa shape index (κ1) is 13.3. The molecule has 22 heavy (non-hydrogen) atoms. The van der Waals surface area contributed by atoms with E-state index in [1.54, 1.807) is 18.3 Å². The minimum Gasteiger partial charge on any atom is -0.299 e. The Balaban J connectivity index is 1.73. The summed E-state index contributed by atoms with van der Waals surface area (Å²) in [6.45, 7) is 2.94. The molecule has 2 aromatic rings. The van der Waals surface area contributed by atoms with Crippen molar-refractivity contribution in [3.05, 3.63) is 58.7 Å². The summed E-state index contributed by atoms with van der Waals surface area (Å²) < 4.78 is 0. The minimum absolute atomic E-state index is 0.159. The zero-order chi connectivity index (χ0) is 15.1. The SMILES string of the molecule is O=C1c2cccnc2C(=O)c2ncc(CN3CCCC3)cc21. The first-order chi connectivity index (χ1) is 10.7. The number of hydrogen-bond donors (Lipinski definition) is 0. The molecule has 4 rings (SSSR count). The van der Waals surface area contributed by atoms with Crippen LogP contribution in [0.25, 0.3) is 0 Å². The zero-order valence-electron chi connectivity index (χ0n) is 12.1. The lowest BCUT2D eigenvalue weighted by molar-refractivity contribution is 0.0971. The van der Waals surface area contributed by atoms with Crippen LogP contribution in [-0.4, -0.2) is 39.5 Å². The molecule has 0 N–H and O–H groups in total. The predicted molar refractivity (Wildman–Crippen MR) is 79.9 cm³/mol. The number of aromatic nitrogens is 2. The largest absolute Gasteiger partial charge is 0.299 e. The van der Waals surface area contributed by atoms with E-state index in [4.69, 9.17) is 0 Å². The third-order valence-corrected chi connectivity index (χ3v) is 4.28. The molecule has 0 atom stereocenters. The molecule has 2 aliphatic rings. The van der Waals surface area contributed by atoms with Gasteiger partial charge in [0.15, 0.2) is 5.78 Å². The third-order valence-electron chi connectivity index (χ3n) is 4.28. The van der Waals surface area contributed by atoms with E-state index in [2.05, 4.69) is 14.9 Å². The molecule has 110 valence electrons. The van der Waals surface area contributed by atoms with Crippen LogP contribution >= 0.6 is 0 Å². The van der Waals surface area contributed by atoms with Gasteiger partial charge in [0.2, 0.25) is 5.78 Å². The van der Waals surface area contributed by atoms with E-state index in [9.17, 15) is 9.59 Å². The zero-order valence-corrected chi connectivity index (χ0v) is 12.1. The lowest BCUT2D eigenvalue weighted by Gasteiger charge is -2.18. The van der Waals surface area contributed by atoms with E-state index < -0.39 is 0 Å². The Labute approximate surface area is 128 Å². The van der Waals surface area contributed by atoms with Gasteiger partial charge in [0.05, 0.1) is 11.1 Å². The Morgan fingerprint density at radius 1 is 1.00 bits per heavy atom. The topological polar surface area (TPSA) is 63.2 Å². The van der Waals surface area contributed by atoms with E-state index in [1.807, 2.05) is 6.07 Å². The first-order valence-electron chi connectivity index (χ1n) is 7.50. The first-order valence-corrected chi connectivity index (χ1v) is 7.50. The Morgan fingerprint density at radius 3 is 2.59 bits per heavy atom. The summed E-state index contributed by atoms with van der Waals surface area (Å²) in [6.07, 6.45) is 5.66. The van der Waals surface area contributed by atoms with Crippen LogP contribution in [0.3, 0.4) is 0 Å². The average molecular weight is 293 g/mol.